The highest BCUT2D eigenvalue weighted by Crippen LogP contribution is 2.33. The minimum atomic E-state index is -0.962. The molecule has 0 bridgehead atoms. The van der Waals surface area contributed by atoms with E-state index in [1.165, 1.54) is 11.3 Å². The first-order valence-corrected chi connectivity index (χ1v) is 10.3. The fourth-order valence-corrected chi connectivity index (χ4v) is 4.22. The fourth-order valence-electron chi connectivity index (χ4n) is 3.30. The third-order valence-corrected chi connectivity index (χ3v) is 5.95. The first kappa shape index (κ1) is 20.5. The molecule has 3 unspecified atom stereocenters. The lowest BCUT2D eigenvalue weighted by molar-refractivity contribution is -0.119. The fraction of sp³-hybridized carbons (Fsp3) is 0.429. The Kier molecular flexibility index (Phi) is 6.83. The van der Waals surface area contributed by atoms with Crippen molar-refractivity contribution in [2.45, 2.75) is 50.9 Å². The van der Waals surface area contributed by atoms with Crippen LogP contribution >= 0.6 is 11.3 Å². The standard InChI is InChI=1S/C21H25NO5S/c1-2-3-16(23)13-4-6-14(7-5-13)20(17-9-10-18(28-17)21(25)26)27-12-15-8-11-19(24)22-15/h4-7,9-10,15-16,20,23H,2-3,8,11-12H2,1H3,(H,22,24)(H,25,26). The minimum absolute atomic E-state index is 0.0282. The van der Waals surface area contributed by atoms with Gasteiger partial charge in [-0.15, -0.1) is 11.3 Å². The monoisotopic (exact) mass is 403 g/mol. The van der Waals surface area contributed by atoms with E-state index in [1.54, 1.807) is 12.1 Å². The molecule has 1 aromatic carbocycles. The van der Waals surface area contributed by atoms with Crippen molar-refractivity contribution in [1.82, 2.24) is 5.32 Å². The van der Waals surface area contributed by atoms with Crippen molar-refractivity contribution in [2.75, 3.05) is 6.61 Å². The maximum Gasteiger partial charge on any atom is 0.345 e. The van der Waals surface area contributed by atoms with E-state index in [4.69, 9.17) is 4.74 Å². The zero-order chi connectivity index (χ0) is 20.1. The highest BCUT2D eigenvalue weighted by Gasteiger charge is 2.25. The number of ether oxygens (including phenoxy) is 1. The van der Waals surface area contributed by atoms with Crippen LogP contribution < -0.4 is 5.32 Å². The van der Waals surface area contributed by atoms with Gasteiger partial charge in [-0.05, 0) is 36.1 Å². The van der Waals surface area contributed by atoms with E-state index in [9.17, 15) is 19.8 Å². The molecule has 1 aromatic heterocycles. The zero-order valence-electron chi connectivity index (χ0n) is 15.8. The number of hydrogen-bond donors (Lipinski definition) is 3. The summed E-state index contributed by atoms with van der Waals surface area (Å²) in [6.07, 6.45) is 1.92. The Bertz CT molecular complexity index is 816. The van der Waals surface area contributed by atoms with E-state index in [0.717, 1.165) is 28.8 Å². The molecule has 0 saturated carbocycles. The summed E-state index contributed by atoms with van der Waals surface area (Å²) < 4.78 is 6.13. The van der Waals surface area contributed by atoms with Crippen LogP contribution in [0.25, 0.3) is 0 Å². The van der Waals surface area contributed by atoms with Gasteiger partial charge in [0.1, 0.15) is 11.0 Å². The van der Waals surface area contributed by atoms with Gasteiger partial charge in [-0.25, -0.2) is 4.79 Å². The van der Waals surface area contributed by atoms with E-state index >= 15 is 0 Å². The van der Waals surface area contributed by atoms with Crippen LogP contribution in [-0.4, -0.2) is 34.7 Å². The van der Waals surface area contributed by atoms with E-state index < -0.39 is 18.2 Å². The number of rotatable bonds is 9. The number of carboxylic acids is 1. The Balaban J connectivity index is 1.80. The van der Waals surface area contributed by atoms with Crippen LogP contribution in [0.1, 0.15) is 70.5 Å². The van der Waals surface area contributed by atoms with Gasteiger partial charge in [0.15, 0.2) is 0 Å². The molecule has 7 heteroatoms. The number of hydrogen-bond acceptors (Lipinski definition) is 5. The summed E-state index contributed by atoms with van der Waals surface area (Å²) in [6, 6.07) is 10.9. The molecule has 3 atom stereocenters. The van der Waals surface area contributed by atoms with Gasteiger partial charge in [0, 0.05) is 11.3 Å². The Morgan fingerprint density at radius 1 is 1.25 bits per heavy atom. The van der Waals surface area contributed by atoms with Gasteiger partial charge < -0.3 is 20.3 Å². The van der Waals surface area contributed by atoms with Crippen molar-refractivity contribution in [1.29, 1.82) is 0 Å². The van der Waals surface area contributed by atoms with Gasteiger partial charge in [0.05, 0.1) is 18.8 Å². The second kappa shape index (κ2) is 9.32. The molecule has 150 valence electrons. The van der Waals surface area contributed by atoms with E-state index in [0.29, 0.717) is 19.4 Å². The quantitative estimate of drug-likeness (QED) is 0.594. The first-order valence-electron chi connectivity index (χ1n) is 9.49. The van der Waals surface area contributed by atoms with Crippen LogP contribution in [0.15, 0.2) is 36.4 Å². The average Bonchev–Trinajstić information content (AvgIpc) is 3.32. The van der Waals surface area contributed by atoms with Gasteiger partial charge in [0.2, 0.25) is 5.91 Å². The second-order valence-electron chi connectivity index (χ2n) is 6.99. The molecule has 1 saturated heterocycles. The number of carbonyl (C=O) groups excluding carboxylic acids is 1. The average molecular weight is 404 g/mol. The SMILES string of the molecule is CCCC(O)c1ccc(C(OCC2CCC(=O)N2)c2ccc(C(=O)O)s2)cc1. The van der Waals surface area contributed by atoms with E-state index in [-0.39, 0.29) is 16.8 Å². The molecule has 6 nitrogen and oxygen atoms in total. The number of nitrogens with one attached hydrogen (secondary N) is 1. The molecule has 3 rings (SSSR count). The summed E-state index contributed by atoms with van der Waals surface area (Å²) in [4.78, 5) is 23.7. The van der Waals surface area contributed by atoms with Gasteiger partial charge in [-0.3, -0.25) is 4.79 Å². The Morgan fingerprint density at radius 3 is 2.54 bits per heavy atom. The van der Waals surface area contributed by atoms with Gasteiger partial charge >= 0.3 is 5.97 Å². The van der Waals surface area contributed by atoms with Gasteiger partial charge in [-0.2, -0.15) is 0 Å². The maximum atomic E-state index is 11.4. The summed E-state index contributed by atoms with van der Waals surface area (Å²) in [5.74, 6) is -0.931. The summed E-state index contributed by atoms with van der Waals surface area (Å²) in [6.45, 7) is 2.39. The third kappa shape index (κ3) is 4.98. The topological polar surface area (TPSA) is 95.9 Å². The lowest BCUT2D eigenvalue weighted by atomic mass is 10.0. The zero-order valence-corrected chi connectivity index (χ0v) is 16.6. The van der Waals surface area contributed by atoms with Crippen LogP contribution in [0.3, 0.4) is 0 Å². The lowest BCUT2D eigenvalue weighted by Gasteiger charge is -2.20. The molecule has 0 radical (unpaired) electrons. The molecule has 1 fully saturated rings. The number of aliphatic hydroxyl groups excluding tert-OH is 1. The third-order valence-electron chi connectivity index (χ3n) is 4.83. The Morgan fingerprint density at radius 2 is 1.96 bits per heavy atom. The number of thiophene rings is 1. The van der Waals surface area contributed by atoms with Gasteiger partial charge in [-0.1, -0.05) is 37.6 Å². The Hall–Kier alpha value is -2.22. The number of amides is 1. The maximum absolute atomic E-state index is 11.4. The second-order valence-corrected chi connectivity index (χ2v) is 8.11. The highest BCUT2D eigenvalue weighted by molar-refractivity contribution is 7.14. The van der Waals surface area contributed by atoms with Crippen molar-refractivity contribution >= 4 is 23.2 Å². The first-order chi connectivity index (χ1) is 13.5. The molecule has 1 aliphatic rings. The van der Waals surface area contributed by atoms with Crippen LogP contribution in [0, 0.1) is 0 Å². The molecule has 2 heterocycles. The number of aromatic carboxylic acids is 1. The summed E-state index contributed by atoms with van der Waals surface area (Å²) in [5, 5.41) is 22.3. The van der Waals surface area contributed by atoms with Gasteiger partial charge in [0.25, 0.3) is 0 Å². The molecule has 0 aliphatic carbocycles. The summed E-state index contributed by atoms with van der Waals surface area (Å²) in [7, 11) is 0. The van der Waals surface area contributed by atoms with Crippen molar-refractivity contribution in [3.05, 3.63) is 57.3 Å². The molecule has 1 aliphatic heterocycles. The van der Waals surface area contributed by atoms with Crippen LogP contribution in [0.4, 0.5) is 0 Å². The number of carboxylic acid groups (broad SMARTS) is 1. The van der Waals surface area contributed by atoms with Crippen LogP contribution in [-0.2, 0) is 9.53 Å². The number of benzene rings is 1. The van der Waals surface area contributed by atoms with Crippen molar-refractivity contribution < 1.29 is 24.5 Å². The van der Waals surface area contributed by atoms with Crippen LogP contribution in [0.5, 0.6) is 0 Å². The normalized spacial score (nSPS) is 18.6. The molecular formula is C21H25NO5S. The van der Waals surface area contributed by atoms with Crippen LogP contribution in [0.2, 0.25) is 0 Å². The summed E-state index contributed by atoms with van der Waals surface area (Å²) >= 11 is 1.18. The number of aliphatic hydroxyl groups is 1. The summed E-state index contributed by atoms with van der Waals surface area (Å²) in [5.41, 5.74) is 1.74. The van der Waals surface area contributed by atoms with Crippen molar-refractivity contribution in [3.8, 4) is 0 Å². The highest BCUT2D eigenvalue weighted by atomic mass is 32.1. The van der Waals surface area contributed by atoms with E-state index in [2.05, 4.69) is 5.32 Å². The van der Waals surface area contributed by atoms with E-state index in [1.807, 2.05) is 31.2 Å². The molecule has 28 heavy (non-hydrogen) atoms. The molecule has 2 aromatic rings. The largest absolute Gasteiger partial charge is 0.477 e. The molecule has 3 N–H and O–H groups in total. The minimum Gasteiger partial charge on any atom is -0.477 e. The van der Waals surface area contributed by atoms with Crippen molar-refractivity contribution in [3.63, 3.8) is 0 Å². The predicted molar refractivity (Wildman–Crippen MR) is 107 cm³/mol. The lowest BCUT2D eigenvalue weighted by Crippen LogP contribution is -2.30. The molecule has 1 amide bonds. The number of carbonyl (C=O) groups is 2. The molecular weight excluding hydrogens is 378 g/mol. The predicted octanol–water partition coefficient (Wildman–Crippen LogP) is 3.66. The Labute approximate surface area is 168 Å². The van der Waals surface area contributed by atoms with Crippen molar-refractivity contribution in [2.24, 2.45) is 0 Å². The smallest absolute Gasteiger partial charge is 0.345 e. The molecule has 0 spiro atoms.